The van der Waals surface area contributed by atoms with Crippen molar-refractivity contribution in [3.63, 3.8) is 0 Å². The van der Waals surface area contributed by atoms with Gasteiger partial charge in [-0.05, 0) is 17.7 Å². The van der Waals surface area contributed by atoms with Crippen LogP contribution in [0.1, 0.15) is 21.7 Å². The largest absolute Gasteiger partial charge is 0.368 e. The van der Waals surface area contributed by atoms with Crippen molar-refractivity contribution in [1.82, 2.24) is 10.3 Å². The molecule has 4 N–H and O–H groups in total. The van der Waals surface area contributed by atoms with E-state index in [-0.39, 0.29) is 11.4 Å². The summed E-state index contributed by atoms with van der Waals surface area (Å²) in [6, 6.07) is 13.3. The first-order valence-electron chi connectivity index (χ1n) is 6.33. The van der Waals surface area contributed by atoms with Crippen molar-refractivity contribution in [2.45, 2.75) is 12.5 Å². The summed E-state index contributed by atoms with van der Waals surface area (Å²) >= 11 is 0. The summed E-state index contributed by atoms with van der Waals surface area (Å²) in [5, 5.41) is 11.3. The molecule has 1 heterocycles. The summed E-state index contributed by atoms with van der Waals surface area (Å²) in [4.78, 5) is 26.1. The molecular formula is C15H14N4O2. The molecule has 1 aromatic carbocycles. The number of H-pyrrole nitrogens is 1. The Labute approximate surface area is 121 Å². The van der Waals surface area contributed by atoms with Gasteiger partial charge in [-0.1, -0.05) is 30.3 Å². The molecule has 2 aromatic rings. The zero-order valence-corrected chi connectivity index (χ0v) is 11.2. The molecule has 6 nitrogen and oxygen atoms in total. The van der Waals surface area contributed by atoms with Crippen LogP contribution in [0.2, 0.25) is 0 Å². The number of carbonyl (C=O) groups excluding carboxylic acids is 2. The quantitative estimate of drug-likeness (QED) is 0.750. The van der Waals surface area contributed by atoms with Gasteiger partial charge in [0.05, 0.1) is 0 Å². The number of hydrogen-bond donors (Lipinski definition) is 3. The van der Waals surface area contributed by atoms with Crippen LogP contribution >= 0.6 is 0 Å². The second kappa shape index (κ2) is 6.39. The number of benzene rings is 1. The summed E-state index contributed by atoms with van der Waals surface area (Å²) in [7, 11) is 0. The summed E-state index contributed by atoms with van der Waals surface area (Å²) < 4.78 is 0. The van der Waals surface area contributed by atoms with Gasteiger partial charge >= 0.3 is 0 Å². The van der Waals surface area contributed by atoms with Crippen molar-refractivity contribution >= 4 is 11.8 Å². The average Bonchev–Trinajstić information content (AvgIpc) is 2.96. The van der Waals surface area contributed by atoms with E-state index in [2.05, 4.69) is 10.3 Å². The zero-order chi connectivity index (χ0) is 15.2. The highest BCUT2D eigenvalue weighted by molar-refractivity contribution is 5.96. The monoisotopic (exact) mass is 282 g/mol. The maximum Gasteiger partial charge on any atom is 0.268 e. The first kappa shape index (κ1) is 14.3. The summed E-state index contributed by atoms with van der Waals surface area (Å²) in [5.41, 5.74) is 6.71. The summed E-state index contributed by atoms with van der Waals surface area (Å²) in [5.74, 6) is -1.09. The standard InChI is InChI=1S/C15H14N4O2/c16-9-11-6-7-12(18-11)15(21)19-13(14(17)20)8-10-4-2-1-3-5-10/h1-7,13,18H,8H2,(H2,17,20)(H,19,21)/t13-/m0/s1. The maximum absolute atomic E-state index is 12.0. The fourth-order valence-corrected chi connectivity index (χ4v) is 1.90. The van der Waals surface area contributed by atoms with Crippen molar-refractivity contribution in [1.29, 1.82) is 5.26 Å². The fourth-order valence-electron chi connectivity index (χ4n) is 1.90. The molecule has 1 aromatic heterocycles. The molecule has 0 unspecified atom stereocenters. The van der Waals surface area contributed by atoms with Crippen LogP contribution in [-0.2, 0) is 11.2 Å². The first-order valence-corrected chi connectivity index (χ1v) is 6.33. The van der Waals surface area contributed by atoms with Crippen LogP contribution in [0.15, 0.2) is 42.5 Å². The smallest absolute Gasteiger partial charge is 0.268 e. The summed E-state index contributed by atoms with van der Waals surface area (Å²) in [6.07, 6.45) is 0.313. The van der Waals surface area contributed by atoms with Gasteiger partial charge in [0, 0.05) is 6.42 Å². The molecule has 0 bridgehead atoms. The molecule has 1 atom stereocenters. The van der Waals surface area contributed by atoms with Gasteiger partial charge in [0.1, 0.15) is 23.5 Å². The molecule has 0 saturated heterocycles. The highest BCUT2D eigenvalue weighted by Gasteiger charge is 2.20. The van der Waals surface area contributed by atoms with Crippen LogP contribution < -0.4 is 11.1 Å². The number of aromatic nitrogens is 1. The molecule has 2 amide bonds. The highest BCUT2D eigenvalue weighted by Crippen LogP contribution is 2.05. The molecule has 21 heavy (non-hydrogen) atoms. The Morgan fingerprint density at radius 3 is 2.52 bits per heavy atom. The predicted molar refractivity (Wildman–Crippen MR) is 76.1 cm³/mol. The van der Waals surface area contributed by atoms with Gasteiger partial charge in [-0.2, -0.15) is 5.26 Å². The Bertz CT molecular complexity index is 685. The lowest BCUT2D eigenvalue weighted by atomic mass is 10.1. The minimum atomic E-state index is -0.811. The molecule has 0 aliphatic carbocycles. The number of hydrogen-bond acceptors (Lipinski definition) is 3. The SMILES string of the molecule is N#Cc1ccc(C(=O)N[C@@H](Cc2ccccc2)C(N)=O)[nH]1. The number of aromatic amines is 1. The first-order chi connectivity index (χ1) is 10.1. The van der Waals surface area contributed by atoms with E-state index in [0.29, 0.717) is 6.42 Å². The van der Waals surface area contributed by atoms with Crippen molar-refractivity contribution in [2.75, 3.05) is 0 Å². The maximum atomic E-state index is 12.0. The Hall–Kier alpha value is -3.07. The van der Waals surface area contributed by atoms with Gasteiger partial charge in [0.15, 0.2) is 0 Å². The predicted octanol–water partition coefficient (Wildman–Crippen LogP) is 0.713. The van der Waals surface area contributed by atoms with Crippen LogP contribution in [0.25, 0.3) is 0 Å². The molecule has 6 heteroatoms. The Morgan fingerprint density at radius 1 is 1.24 bits per heavy atom. The fraction of sp³-hybridized carbons (Fsp3) is 0.133. The zero-order valence-electron chi connectivity index (χ0n) is 11.2. The molecular weight excluding hydrogens is 268 g/mol. The van der Waals surface area contributed by atoms with E-state index in [9.17, 15) is 9.59 Å². The lowest BCUT2D eigenvalue weighted by Crippen LogP contribution is -2.45. The molecule has 0 fully saturated rings. The third-order valence-corrected chi connectivity index (χ3v) is 2.98. The lowest BCUT2D eigenvalue weighted by Gasteiger charge is -2.15. The molecule has 2 rings (SSSR count). The third-order valence-electron chi connectivity index (χ3n) is 2.98. The van der Waals surface area contributed by atoms with E-state index in [1.807, 2.05) is 36.4 Å². The van der Waals surface area contributed by atoms with Crippen LogP contribution in [0, 0.1) is 11.3 Å². The molecule has 106 valence electrons. The number of nitrogens with two attached hydrogens (primary N) is 1. The summed E-state index contributed by atoms with van der Waals surface area (Å²) in [6.45, 7) is 0. The lowest BCUT2D eigenvalue weighted by molar-refractivity contribution is -0.119. The molecule has 0 radical (unpaired) electrons. The third kappa shape index (κ3) is 3.70. The van der Waals surface area contributed by atoms with Crippen molar-refractivity contribution in [3.8, 4) is 6.07 Å². The van der Waals surface area contributed by atoms with Gasteiger partial charge in [-0.25, -0.2) is 0 Å². The second-order valence-corrected chi connectivity index (χ2v) is 4.52. The van der Waals surface area contributed by atoms with Crippen LogP contribution in [0.5, 0.6) is 0 Å². The van der Waals surface area contributed by atoms with Gasteiger partial charge in [0.25, 0.3) is 5.91 Å². The van der Waals surface area contributed by atoms with Gasteiger partial charge in [-0.15, -0.1) is 0 Å². The van der Waals surface area contributed by atoms with Crippen LogP contribution in [-0.4, -0.2) is 22.8 Å². The molecule has 0 aliphatic rings. The number of nitriles is 1. The molecule has 0 saturated carbocycles. The Balaban J connectivity index is 2.08. The van der Waals surface area contributed by atoms with Crippen LogP contribution in [0.4, 0.5) is 0 Å². The normalized spacial score (nSPS) is 11.4. The van der Waals surface area contributed by atoms with E-state index in [1.54, 1.807) is 0 Å². The van der Waals surface area contributed by atoms with Crippen molar-refractivity contribution in [2.24, 2.45) is 5.73 Å². The minimum absolute atomic E-state index is 0.214. The van der Waals surface area contributed by atoms with E-state index in [1.165, 1.54) is 12.1 Å². The van der Waals surface area contributed by atoms with E-state index in [4.69, 9.17) is 11.0 Å². The number of primary amides is 1. The topological polar surface area (TPSA) is 112 Å². The molecule has 0 spiro atoms. The Morgan fingerprint density at radius 2 is 1.95 bits per heavy atom. The number of amides is 2. The van der Waals surface area contributed by atoms with Crippen molar-refractivity contribution in [3.05, 3.63) is 59.4 Å². The number of carbonyl (C=O) groups is 2. The van der Waals surface area contributed by atoms with Gasteiger partial charge < -0.3 is 16.0 Å². The van der Waals surface area contributed by atoms with E-state index < -0.39 is 17.9 Å². The second-order valence-electron chi connectivity index (χ2n) is 4.52. The van der Waals surface area contributed by atoms with Gasteiger partial charge in [-0.3, -0.25) is 9.59 Å². The number of nitrogens with one attached hydrogen (secondary N) is 2. The number of nitrogens with zero attached hydrogens (tertiary/aromatic N) is 1. The highest BCUT2D eigenvalue weighted by atomic mass is 16.2. The van der Waals surface area contributed by atoms with Crippen LogP contribution in [0.3, 0.4) is 0 Å². The van der Waals surface area contributed by atoms with E-state index in [0.717, 1.165) is 5.56 Å². The minimum Gasteiger partial charge on any atom is -0.368 e. The average molecular weight is 282 g/mol. The number of rotatable bonds is 5. The van der Waals surface area contributed by atoms with E-state index >= 15 is 0 Å². The van der Waals surface area contributed by atoms with Gasteiger partial charge in [0.2, 0.25) is 5.91 Å². The molecule has 0 aliphatic heterocycles. The Kier molecular flexibility index (Phi) is 4.36. The van der Waals surface area contributed by atoms with Crippen molar-refractivity contribution < 1.29 is 9.59 Å².